The third-order valence-electron chi connectivity index (χ3n) is 3.01. The molecule has 0 radical (unpaired) electrons. The van der Waals surface area contributed by atoms with Crippen molar-refractivity contribution in [2.75, 3.05) is 0 Å². The van der Waals surface area contributed by atoms with Crippen LogP contribution in [0.5, 0.6) is 0 Å². The van der Waals surface area contributed by atoms with E-state index in [0.717, 1.165) is 10.5 Å². The molecule has 0 amide bonds. The average Bonchev–Trinajstić information content (AvgIpc) is 2.80. The first-order valence-electron chi connectivity index (χ1n) is 5.67. The van der Waals surface area contributed by atoms with Gasteiger partial charge in [0.15, 0.2) is 0 Å². The summed E-state index contributed by atoms with van der Waals surface area (Å²) >= 11 is 1.75. The van der Waals surface area contributed by atoms with E-state index in [1.807, 2.05) is 0 Å². The van der Waals surface area contributed by atoms with Crippen molar-refractivity contribution < 1.29 is 0 Å². The van der Waals surface area contributed by atoms with Gasteiger partial charge in [0.25, 0.3) is 0 Å². The van der Waals surface area contributed by atoms with Gasteiger partial charge in [-0.2, -0.15) is 0 Å². The van der Waals surface area contributed by atoms with Crippen LogP contribution >= 0.6 is 11.3 Å². The first-order valence-corrected chi connectivity index (χ1v) is 6.49. The zero-order valence-corrected chi connectivity index (χ0v) is 11.0. The summed E-state index contributed by atoms with van der Waals surface area (Å²) in [6.07, 6.45) is 0. The molecule has 1 aromatic carbocycles. The van der Waals surface area contributed by atoms with Gasteiger partial charge < -0.3 is 4.57 Å². The Bertz CT molecular complexity index is 672. The molecule has 17 heavy (non-hydrogen) atoms. The van der Waals surface area contributed by atoms with Gasteiger partial charge in [-0.3, -0.25) is 0 Å². The number of benzene rings is 1. The summed E-state index contributed by atoms with van der Waals surface area (Å²) < 4.78 is 3.53. The molecule has 0 bridgehead atoms. The Morgan fingerprint density at radius 1 is 1.00 bits per heavy atom. The van der Waals surface area contributed by atoms with Crippen molar-refractivity contribution in [1.29, 1.82) is 0 Å². The largest absolute Gasteiger partial charge is 0.318 e. The van der Waals surface area contributed by atoms with Crippen molar-refractivity contribution in [3.05, 3.63) is 46.7 Å². The Kier molecular flexibility index (Phi) is 2.30. The number of hydrogen-bond acceptors (Lipinski definition) is 2. The van der Waals surface area contributed by atoms with Gasteiger partial charge >= 0.3 is 0 Å². The van der Waals surface area contributed by atoms with Gasteiger partial charge in [-0.25, -0.2) is 4.98 Å². The Morgan fingerprint density at radius 2 is 1.71 bits per heavy atom. The van der Waals surface area contributed by atoms with Crippen LogP contribution in [-0.4, -0.2) is 9.55 Å². The molecule has 86 valence electrons. The minimum absolute atomic E-state index is 1.10. The molecule has 2 heterocycles. The molecular weight excluding hydrogens is 228 g/mol. The van der Waals surface area contributed by atoms with E-state index >= 15 is 0 Å². The summed E-state index contributed by atoms with van der Waals surface area (Å²) in [4.78, 5) is 4.49. The predicted octanol–water partition coefficient (Wildman–Crippen LogP) is 4.01. The van der Waals surface area contributed by atoms with E-state index in [1.165, 1.54) is 21.8 Å². The van der Waals surface area contributed by atoms with E-state index in [1.54, 1.807) is 11.3 Å². The molecule has 2 aromatic heterocycles. The Balaban J connectivity index is 2.24. The molecule has 0 saturated heterocycles. The van der Waals surface area contributed by atoms with Crippen LogP contribution in [0.1, 0.15) is 16.4 Å². The molecular formula is C14H14N2S. The lowest BCUT2D eigenvalue weighted by atomic mass is 10.3. The molecule has 0 spiro atoms. The van der Waals surface area contributed by atoms with Crippen LogP contribution in [0.2, 0.25) is 0 Å². The second-order valence-corrected chi connectivity index (χ2v) is 5.57. The van der Waals surface area contributed by atoms with Crippen LogP contribution in [0.25, 0.3) is 15.9 Å². The number of aryl methyl sites for hydroxylation is 3. The summed E-state index contributed by atoms with van der Waals surface area (Å²) in [6, 6.07) is 10.8. The minimum Gasteiger partial charge on any atom is -0.318 e. The van der Waals surface area contributed by atoms with Crippen molar-refractivity contribution in [1.82, 2.24) is 9.55 Å². The standard InChI is InChI=1S/C14H14N2S/c1-9-4-5-10(2)16(9)12-6-7-13-14(8-12)17-11(3)15-13/h4-8H,1-3H3. The van der Waals surface area contributed by atoms with E-state index in [4.69, 9.17) is 0 Å². The van der Waals surface area contributed by atoms with Gasteiger partial charge in [0, 0.05) is 17.1 Å². The normalized spacial score (nSPS) is 11.2. The van der Waals surface area contributed by atoms with Crippen LogP contribution < -0.4 is 0 Å². The Morgan fingerprint density at radius 3 is 2.41 bits per heavy atom. The van der Waals surface area contributed by atoms with Gasteiger partial charge in [0.05, 0.1) is 15.2 Å². The van der Waals surface area contributed by atoms with Crippen molar-refractivity contribution in [3.8, 4) is 5.69 Å². The molecule has 0 atom stereocenters. The maximum absolute atomic E-state index is 4.49. The molecule has 3 aromatic rings. The summed E-state index contributed by atoms with van der Waals surface area (Å²) in [5, 5.41) is 1.12. The van der Waals surface area contributed by atoms with Crippen molar-refractivity contribution >= 4 is 21.6 Å². The number of thiazole rings is 1. The Labute approximate surface area is 105 Å². The fourth-order valence-electron chi connectivity index (χ4n) is 2.24. The highest BCUT2D eigenvalue weighted by Gasteiger charge is 2.06. The van der Waals surface area contributed by atoms with Gasteiger partial charge in [-0.05, 0) is 51.1 Å². The SMILES string of the molecule is Cc1nc2ccc(-n3c(C)ccc3C)cc2s1. The number of rotatable bonds is 1. The number of hydrogen-bond donors (Lipinski definition) is 0. The first kappa shape index (κ1) is 10.5. The van der Waals surface area contributed by atoms with E-state index in [-0.39, 0.29) is 0 Å². The monoisotopic (exact) mass is 242 g/mol. The molecule has 0 saturated carbocycles. The van der Waals surface area contributed by atoms with Crippen molar-refractivity contribution in [2.45, 2.75) is 20.8 Å². The first-order chi connectivity index (χ1) is 8.15. The minimum atomic E-state index is 1.10. The quantitative estimate of drug-likeness (QED) is 0.630. The summed E-state index contributed by atoms with van der Waals surface area (Å²) in [5.41, 5.74) is 4.85. The molecule has 3 heteroatoms. The molecule has 0 aliphatic carbocycles. The van der Waals surface area contributed by atoms with Crippen LogP contribution in [0.3, 0.4) is 0 Å². The van der Waals surface area contributed by atoms with E-state index in [9.17, 15) is 0 Å². The third-order valence-corrected chi connectivity index (χ3v) is 3.94. The molecule has 0 fully saturated rings. The van der Waals surface area contributed by atoms with Gasteiger partial charge in [0.2, 0.25) is 0 Å². The lowest BCUT2D eigenvalue weighted by Crippen LogP contribution is -1.97. The predicted molar refractivity (Wildman–Crippen MR) is 73.2 cm³/mol. The molecule has 0 unspecified atom stereocenters. The third kappa shape index (κ3) is 1.67. The lowest BCUT2D eigenvalue weighted by molar-refractivity contribution is 0.968. The Hall–Kier alpha value is -1.61. The number of aromatic nitrogens is 2. The zero-order valence-electron chi connectivity index (χ0n) is 10.2. The van der Waals surface area contributed by atoms with Crippen molar-refractivity contribution in [3.63, 3.8) is 0 Å². The summed E-state index contributed by atoms with van der Waals surface area (Å²) in [7, 11) is 0. The smallest absolute Gasteiger partial charge is 0.0907 e. The number of nitrogens with zero attached hydrogens (tertiary/aromatic N) is 2. The fourth-order valence-corrected chi connectivity index (χ4v) is 3.10. The average molecular weight is 242 g/mol. The zero-order chi connectivity index (χ0) is 12.0. The van der Waals surface area contributed by atoms with Gasteiger partial charge in [0.1, 0.15) is 0 Å². The van der Waals surface area contributed by atoms with E-state index in [2.05, 4.69) is 60.7 Å². The highest BCUT2D eigenvalue weighted by Crippen LogP contribution is 2.25. The van der Waals surface area contributed by atoms with E-state index < -0.39 is 0 Å². The maximum atomic E-state index is 4.49. The van der Waals surface area contributed by atoms with Crippen LogP contribution in [-0.2, 0) is 0 Å². The lowest BCUT2D eigenvalue weighted by Gasteiger charge is -2.08. The van der Waals surface area contributed by atoms with Gasteiger partial charge in [-0.15, -0.1) is 11.3 Å². The second kappa shape index (κ2) is 3.70. The van der Waals surface area contributed by atoms with Crippen molar-refractivity contribution in [2.24, 2.45) is 0 Å². The van der Waals surface area contributed by atoms with Crippen LogP contribution in [0.4, 0.5) is 0 Å². The fraction of sp³-hybridized carbons (Fsp3) is 0.214. The molecule has 2 nitrogen and oxygen atoms in total. The molecule has 0 aliphatic heterocycles. The molecule has 0 aliphatic rings. The summed E-state index contributed by atoms with van der Waals surface area (Å²) in [5.74, 6) is 0. The van der Waals surface area contributed by atoms with Gasteiger partial charge in [-0.1, -0.05) is 0 Å². The highest BCUT2D eigenvalue weighted by atomic mass is 32.1. The molecule has 3 rings (SSSR count). The van der Waals surface area contributed by atoms with E-state index in [0.29, 0.717) is 0 Å². The topological polar surface area (TPSA) is 17.8 Å². The van der Waals surface area contributed by atoms with Crippen LogP contribution in [0, 0.1) is 20.8 Å². The highest BCUT2D eigenvalue weighted by molar-refractivity contribution is 7.18. The number of fused-ring (bicyclic) bond motifs is 1. The maximum Gasteiger partial charge on any atom is 0.0907 e. The molecule has 0 N–H and O–H groups in total. The second-order valence-electron chi connectivity index (χ2n) is 4.34. The van der Waals surface area contributed by atoms with Crippen LogP contribution in [0.15, 0.2) is 30.3 Å². The summed E-state index contributed by atoms with van der Waals surface area (Å²) in [6.45, 7) is 6.32.